The topological polar surface area (TPSA) is 31.4 Å². The maximum atomic E-state index is 5.74. The van der Waals surface area contributed by atoms with Crippen LogP contribution in [0.2, 0.25) is 5.15 Å². The van der Waals surface area contributed by atoms with Gasteiger partial charge in [0.15, 0.2) is 0 Å². The van der Waals surface area contributed by atoms with Crippen LogP contribution in [-0.2, 0) is 6.54 Å². The molecule has 1 aromatic heterocycles. The summed E-state index contributed by atoms with van der Waals surface area (Å²) in [5.41, 5.74) is 1.24. The first-order valence-corrected chi connectivity index (χ1v) is 6.63. The van der Waals surface area contributed by atoms with Crippen LogP contribution in [0.4, 0.5) is 0 Å². The molecule has 2 rings (SSSR count). The van der Waals surface area contributed by atoms with Gasteiger partial charge in [-0.05, 0) is 32.8 Å². The zero-order valence-electron chi connectivity index (χ0n) is 11.5. The Morgan fingerprint density at radius 2 is 1.79 bits per heavy atom. The monoisotopic (exact) mass is 286 g/mol. The van der Waals surface area contributed by atoms with Crippen molar-refractivity contribution >= 4 is 11.6 Å². The molecule has 0 spiro atoms. The van der Waals surface area contributed by atoms with E-state index < -0.39 is 0 Å². The van der Waals surface area contributed by atoms with Crippen molar-refractivity contribution in [3.8, 4) is 0 Å². The van der Waals surface area contributed by atoms with Crippen molar-refractivity contribution in [2.45, 2.75) is 14.0 Å². The third-order valence-electron chi connectivity index (χ3n) is 2.79. The average molecular weight is 287 g/mol. The maximum absolute atomic E-state index is 5.74. The van der Waals surface area contributed by atoms with E-state index in [1.165, 1.54) is 5.56 Å². The van der Waals surface area contributed by atoms with Gasteiger partial charge in [0.2, 0.25) is 0 Å². The molecule has 0 bridgehead atoms. The normalized spacial score (nSPS) is 16.2. The van der Waals surface area contributed by atoms with Gasteiger partial charge in [-0.2, -0.15) is 0 Å². The van der Waals surface area contributed by atoms with Crippen LogP contribution in [0.5, 0.6) is 0 Å². The number of nitrogens with one attached hydrogen (secondary N) is 1. The molecule has 0 saturated carbocycles. The van der Waals surface area contributed by atoms with Gasteiger partial charge in [-0.3, -0.25) is 4.90 Å². The number of hydrogen-bond donors (Lipinski definition) is 1. The van der Waals surface area contributed by atoms with Crippen LogP contribution in [0.25, 0.3) is 0 Å². The molecule has 0 aliphatic carbocycles. The SMILES string of the molecule is C.CN1CCN(Cc2ccc(Cl)nc2)CC1.CNC. The summed E-state index contributed by atoms with van der Waals surface area (Å²) in [6, 6.07) is 3.90. The molecular weight excluding hydrogens is 260 g/mol. The van der Waals surface area contributed by atoms with E-state index in [4.69, 9.17) is 11.6 Å². The second-order valence-corrected chi connectivity index (χ2v) is 4.96. The summed E-state index contributed by atoms with van der Waals surface area (Å²) in [6.07, 6.45) is 1.86. The van der Waals surface area contributed by atoms with Crippen LogP contribution in [0, 0.1) is 0 Å². The van der Waals surface area contributed by atoms with Crippen LogP contribution in [0.1, 0.15) is 13.0 Å². The van der Waals surface area contributed by atoms with Crippen molar-refractivity contribution < 1.29 is 0 Å². The lowest BCUT2D eigenvalue weighted by atomic mass is 10.2. The van der Waals surface area contributed by atoms with E-state index in [-0.39, 0.29) is 7.43 Å². The lowest BCUT2D eigenvalue weighted by Gasteiger charge is -2.32. The fourth-order valence-electron chi connectivity index (χ4n) is 1.76. The second-order valence-electron chi connectivity index (χ2n) is 4.57. The maximum Gasteiger partial charge on any atom is 0.129 e. The summed E-state index contributed by atoms with van der Waals surface area (Å²) in [4.78, 5) is 8.89. The highest BCUT2D eigenvalue weighted by molar-refractivity contribution is 6.29. The first kappa shape index (κ1) is 18.3. The third kappa shape index (κ3) is 7.47. The minimum Gasteiger partial charge on any atom is -0.323 e. The molecule has 19 heavy (non-hydrogen) atoms. The van der Waals surface area contributed by atoms with E-state index in [2.05, 4.69) is 27.1 Å². The Balaban J connectivity index is 0.000000742. The molecule has 0 atom stereocenters. The molecule has 1 aromatic rings. The van der Waals surface area contributed by atoms with Crippen molar-refractivity contribution in [3.63, 3.8) is 0 Å². The second kappa shape index (κ2) is 10.1. The number of nitrogens with zero attached hydrogens (tertiary/aromatic N) is 3. The third-order valence-corrected chi connectivity index (χ3v) is 3.01. The fourth-order valence-corrected chi connectivity index (χ4v) is 1.88. The quantitative estimate of drug-likeness (QED) is 0.842. The molecule has 0 radical (unpaired) electrons. The van der Waals surface area contributed by atoms with Gasteiger partial charge in [0.05, 0.1) is 0 Å². The van der Waals surface area contributed by atoms with Crippen LogP contribution in [-0.4, -0.2) is 62.1 Å². The van der Waals surface area contributed by atoms with Crippen LogP contribution >= 0.6 is 11.6 Å². The summed E-state index contributed by atoms with van der Waals surface area (Å²) in [5, 5.41) is 3.32. The Kier molecular flexibility index (Phi) is 9.79. The number of likely N-dealkylation sites (N-methyl/N-ethyl adjacent to an activating group) is 1. The minimum absolute atomic E-state index is 0. The van der Waals surface area contributed by atoms with E-state index >= 15 is 0 Å². The van der Waals surface area contributed by atoms with E-state index in [1.807, 2.05) is 32.4 Å². The van der Waals surface area contributed by atoms with E-state index in [9.17, 15) is 0 Å². The molecule has 1 N–H and O–H groups in total. The van der Waals surface area contributed by atoms with Gasteiger partial charge in [-0.1, -0.05) is 25.1 Å². The highest BCUT2D eigenvalue weighted by Gasteiger charge is 2.13. The van der Waals surface area contributed by atoms with Crippen LogP contribution in [0.15, 0.2) is 18.3 Å². The van der Waals surface area contributed by atoms with Crippen molar-refractivity contribution in [2.75, 3.05) is 47.3 Å². The molecule has 110 valence electrons. The van der Waals surface area contributed by atoms with Gasteiger partial charge >= 0.3 is 0 Å². The van der Waals surface area contributed by atoms with Gasteiger partial charge in [-0.25, -0.2) is 4.98 Å². The lowest BCUT2D eigenvalue weighted by Crippen LogP contribution is -2.43. The molecule has 5 heteroatoms. The Bertz CT molecular complexity index is 321. The Morgan fingerprint density at radius 3 is 2.26 bits per heavy atom. The molecule has 1 saturated heterocycles. The zero-order valence-corrected chi connectivity index (χ0v) is 12.2. The minimum atomic E-state index is 0. The molecule has 2 heterocycles. The lowest BCUT2D eigenvalue weighted by molar-refractivity contribution is 0.148. The molecule has 0 amide bonds. The van der Waals surface area contributed by atoms with Gasteiger partial charge in [-0.15, -0.1) is 0 Å². The molecule has 1 fully saturated rings. The largest absolute Gasteiger partial charge is 0.323 e. The summed E-state index contributed by atoms with van der Waals surface area (Å²) < 4.78 is 0. The van der Waals surface area contributed by atoms with E-state index in [0.717, 1.165) is 32.7 Å². The summed E-state index contributed by atoms with van der Waals surface area (Å²) >= 11 is 5.74. The number of piperazine rings is 1. The number of hydrogen-bond acceptors (Lipinski definition) is 4. The van der Waals surface area contributed by atoms with Crippen LogP contribution in [0.3, 0.4) is 0 Å². The highest BCUT2D eigenvalue weighted by Crippen LogP contribution is 2.09. The number of halogens is 1. The highest BCUT2D eigenvalue weighted by atomic mass is 35.5. The summed E-state index contributed by atoms with van der Waals surface area (Å²) in [6.45, 7) is 5.57. The molecule has 0 unspecified atom stereocenters. The predicted octanol–water partition coefficient (Wildman–Crippen LogP) is 1.95. The molecular formula is C14H27ClN4. The van der Waals surface area contributed by atoms with Crippen molar-refractivity contribution in [1.29, 1.82) is 0 Å². The summed E-state index contributed by atoms with van der Waals surface area (Å²) in [7, 11) is 5.92. The van der Waals surface area contributed by atoms with Crippen molar-refractivity contribution in [2.24, 2.45) is 0 Å². The standard InChI is InChI=1S/C11H16ClN3.C2H7N.CH4/c1-14-4-6-15(7-5-14)9-10-2-3-11(12)13-8-10;1-3-2;/h2-3,8H,4-7,9H2,1H3;3H,1-2H3;1H4. The van der Waals surface area contributed by atoms with Gasteiger partial charge in [0.1, 0.15) is 5.15 Å². The Labute approximate surface area is 122 Å². The fraction of sp³-hybridized carbons (Fsp3) is 0.643. The number of pyridine rings is 1. The molecule has 4 nitrogen and oxygen atoms in total. The number of aromatic nitrogens is 1. The van der Waals surface area contributed by atoms with Gasteiger partial charge in [0, 0.05) is 38.9 Å². The van der Waals surface area contributed by atoms with Gasteiger partial charge in [0.25, 0.3) is 0 Å². The van der Waals surface area contributed by atoms with E-state index in [0.29, 0.717) is 5.15 Å². The Hall–Kier alpha value is -0.680. The molecule has 0 aromatic carbocycles. The molecule has 1 aliphatic heterocycles. The first-order valence-electron chi connectivity index (χ1n) is 6.25. The summed E-state index contributed by atoms with van der Waals surface area (Å²) in [5.74, 6) is 0. The number of rotatable bonds is 2. The van der Waals surface area contributed by atoms with Gasteiger partial charge < -0.3 is 10.2 Å². The Morgan fingerprint density at radius 1 is 1.21 bits per heavy atom. The molecule has 1 aliphatic rings. The van der Waals surface area contributed by atoms with Crippen molar-refractivity contribution in [1.82, 2.24) is 20.1 Å². The van der Waals surface area contributed by atoms with Crippen LogP contribution < -0.4 is 5.32 Å². The van der Waals surface area contributed by atoms with E-state index in [1.54, 1.807) is 0 Å². The average Bonchev–Trinajstić information content (AvgIpc) is 2.36. The predicted molar refractivity (Wildman–Crippen MR) is 83.7 cm³/mol. The van der Waals surface area contributed by atoms with Crippen molar-refractivity contribution in [3.05, 3.63) is 29.0 Å². The smallest absolute Gasteiger partial charge is 0.129 e. The zero-order chi connectivity index (χ0) is 13.4. The first-order chi connectivity index (χ1) is 8.65.